The van der Waals surface area contributed by atoms with Crippen LogP contribution in [0.3, 0.4) is 0 Å². The number of carbonyl (C=O) groups excluding carboxylic acids is 2. The number of halogens is 1. The molecule has 1 fully saturated rings. The molecule has 0 spiro atoms. The predicted molar refractivity (Wildman–Crippen MR) is 90.4 cm³/mol. The van der Waals surface area contributed by atoms with Gasteiger partial charge in [-0.3, -0.25) is 9.59 Å². The van der Waals surface area contributed by atoms with E-state index in [2.05, 4.69) is 10.3 Å². The van der Waals surface area contributed by atoms with Crippen LogP contribution in [0.5, 0.6) is 0 Å². The predicted octanol–water partition coefficient (Wildman–Crippen LogP) is 2.35. The van der Waals surface area contributed by atoms with Crippen molar-refractivity contribution in [2.45, 2.75) is 19.3 Å². The van der Waals surface area contributed by atoms with Crippen molar-refractivity contribution < 1.29 is 9.59 Å². The van der Waals surface area contributed by atoms with E-state index >= 15 is 0 Å². The summed E-state index contributed by atoms with van der Waals surface area (Å²) >= 11 is 5.97. The van der Waals surface area contributed by atoms with Crippen LogP contribution < -0.4 is 5.32 Å². The van der Waals surface area contributed by atoms with Gasteiger partial charge in [-0.05, 0) is 30.5 Å². The monoisotopic (exact) mass is 333 g/mol. The highest BCUT2D eigenvalue weighted by molar-refractivity contribution is 6.31. The van der Waals surface area contributed by atoms with E-state index in [9.17, 15) is 9.59 Å². The van der Waals surface area contributed by atoms with Crippen molar-refractivity contribution in [3.8, 4) is 0 Å². The van der Waals surface area contributed by atoms with Crippen LogP contribution in [0.2, 0.25) is 5.02 Å². The van der Waals surface area contributed by atoms with Gasteiger partial charge in [0.2, 0.25) is 11.8 Å². The third kappa shape index (κ3) is 3.50. The second-order valence-electron chi connectivity index (χ2n) is 6.05. The zero-order chi connectivity index (χ0) is 16.4. The number of hydrogen-bond acceptors (Lipinski definition) is 2. The number of carbonyl (C=O) groups is 2. The first kappa shape index (κ1) is 15.9. The largest absolute Gasteiger partial charge is 0.361 e. The van der Waals surface area contributed by atoms with Crippen molar-refractivity contribution >= 4 is 34.3 Å². The molecule has 6 heteroatoms. The minimum Gasteiger partial charge on any atom is -0.361 e. The minimum absolute atomic E-state index is 0.0191. The van der Waals surface area contributed by atoms with Gasteiger partial charge in [-0.25, -0.2) is 0 Å². The fourth-order valence-electron chi connectivity index (χ4n) is 3.00. The average Bonchev–Trinajstić information content (AvgIpc) is 2.92. The van der Waals surface area contributed by atoms with Crippen LogP contribution in [0.4, 0.5) is 0 Å². The molecule has 2 aromatic rings. The van der Waals surface area contributed by atoms with E-state index in [4.69, 9.17) is 11.6 Å². The fraction of sp³-hybridized carbons (Fsp3) is 0.412. The van der Waals surface area contributed by atoms with Crippen LogP contribution in [-0.2, 0) is 16.0 Å². The molecule has 2 N–H and O–H groups in total. The molecule has 1 aromatic carbocycles. The summed E-state index contributed by atoms with van der Waals surface area (Å²) in [7, 11) is 1.78. The summed E-state index contributed by atoms with van der Waals surface area (Å²) in [5.41, 5.74) is 2.15. The third-order valence-corrected chi connectivity index (χ3v) is 4.69. The van der Waals surface area contributed by atoms with Crippen LogP contribution in [0.15, 0.2) is 24.4 Å². The van der Waals surface area contributed by atoms with Gasteiger partial charge in [-0.2, -0.15) is 0 Å². The fourth-order valence-corrected chi connectivity index (χ4v) is 3.17. The number of amides is 2. The molecule has 0 radical (unpaired) electrons. The van der Waals surface area contributed by atoms with Crippen molar-refractivity contribution in [3.05, 3.63) is 35.0 Å². The number of hydrogen-bond donors (Lipinski definition) is 2. The Morgan fingerprint density at radius 1 is 1.48 bits per heavy atom. The van der Waals surface area contributed by atoms with Gasteiger partial charge in [0.1, 0.15) is 0 Å². The van der Waals surface area contributed by atoms with E-state index < -0.39 is 0 Å². The highest BCUT2D eigenvalue weighted by atomic mass is 35.5. The van der Waals surface area contributed by atoms with E-state index in [0.717, 1.165) is 29.3 Å². The first-order valence-electron chi connectivity index (χ1n) is 7.82. The molecule has 0 saturated carbocycles. The number of benzene rings is 1. The molecule has 1 aliphatic heterocycles. The maximum atomic E-state index is 12.2. The number of H-pyrrole nitrogens is 1. The molecule has 0 unspecified atom stereocenters. The summed E-state index contributed by atoms with van der Waals surface area (Å²) < 4.78 is 0. The van der Waals surface area contributed by atoms with Gasteiger partial charge >= 0.3 is 0 Å². The Morgan fingerprint density at radius 3 is 3.09 bits per heavy atom. The van der Waals surface area contributed by atoms with Gasteiger partial charge in [0, 0.05) is 54.6 Å². The molecule has 2 heterocycles. The van der Waals surface area contributed by atoms with Crippen LogP contribution in [-0.4, -0.2) is 41.8 Å². The molecule has 2 amide bonds. The van der Waals surface area contributed by atoms with Gasteiger partial charge in [-0.15, -0.1) is 0 Å². The van der Waals surface area contributed by atoms with Crippen LogP contribution >= 0.6 is 11.6 Å². The standard InChI is InChI=1S/C17H20ClN3O2/c1-21-7-5-11(8-16(21)22)17(23)19-6-4-12-10-20-15-9-13(18)2-3-14(12)15/h2-3,9-11,20H,4-8H2,1H3,(H,19,23)/t11-/m1/s1. The van der Waals surface area contributed by atoms with Crippen molar-refractivity contribution in [2.24, 2.45) is 5.92 Å². The molecule has 122 valence electrons. The summed E-state index contributed by atoms with van der Waals surface area (Å²) in [6, 6.07) is 5.74. The highest BCUT2D eigenvalue weighted by Crippen LogP contribution is 2.22. The molecule has 3 rings (SSSR count). The summed E-state index contributed by atoms with van der Waals surface area (Å²) in [6.07, 6.45) is 3.74. The summed E-state index contributed by atoms with van der Waals surface area (Å²) in [4.78, 5) is 28.7. The number of aromatic nitrogens is 1. The Hall–Kier alpha value is -2.01. The minimum atomic E-state index is -0.194. The molecule has 0 aliphatic carbocycles. The molecule has 5 nitrogen and oxygen atoms in total. The van der Waals surface area contributed by atoms with Gasteiger partial charge < -0.3 is 15.2 Å². The molecular weight excluding hydrogens is 314 g/mol. The van der Waals surface area contributed by atoms with E-state index in [1.165, 1.54) is 0 Å². The summed E-state index contributed by atoms with van der Waals surface area (Å²) in [5.74, 6) is -0.167. The number of aromatic amines is 1. The Labute approximate surface area is 140 Å². The lowest BCUT2D eigenvalue weighted by atomic mass is 9.95. The first-order chi connectivity index (χ1) is 11.0. The Balaban J connectivity index is 1.54. The van der Waals surface area contributed by atoms with E-state index in [1.54, 1.807) is 11.9 Å². The molecular formula is C17H20ClN3O2. The normalized spacial score (nSPS) is 18.4. The molecule has 0 bridgehead atoms. The third-order valence-electron chi connectivity index (χ3n) is 4.45. The zero-order valence-corrected chi connectivity index (χ0v) is 13.8. The first-order valence-corrected chi connectivity index (χ1v) is 8.19. The maximum Gasteiger partial charge on any atom is 0.223 e. The van der Waals surface area contributed by atoms with Crippen molar-refractivity contribution in [1.82, 2.24) is 15.2 Å². The number of piperidine rings is 1. The number of likely N-dealkylation sites (tertiary alicyclic amines) is 1. The quantitative estimate of drug-likeness (QED) is 0.902. The number of nitrogens with one attached hydrogen (secondary N) is 2. The van der Waals surface area contributed by atoms with Crippen molar-refractivity contribution in [1.29, 1.82) is 0 Å². The molecule has 23 heavy (non-hydrogen) atoms. The molecule has 1 aliphatic rings. The molecule has 1 aromatic heterocycles. The number of nitrogens with zero attached hydrogens (tertiary/aromatic N) is 1. The van der Waals surface area contributed by atoms with E-state index in [0.29, 0.717) is 24.5 Å². The molecule has 1 saturated heterocycles. The number of rotatable bonds is 4. The lowest BCUT2D eigenvalue weighted by Crippen LogP contribution is -2.42. The Bertz CT molecular complexity index is 741. The second-order valence-corrected chi connectivity index (χ2v) is 6.49. The van der Waals surface area contributed by atoms with Crippen LogP contribution in [0, 0.1) is 5.92 Å². The number of fused-ring (bicyclic) bond motifs is 1. The van der Waals surface area contributed by atoms with E-state index in [1.807, 2.05) is 24.4 Å². The maximum absolute atomic E-state index is 12.2. The SMILES string of the molecule is CN1CC[C@@H](C(=O)NCCc2c[nH]c3cc(Cl)ccc23)CC1=O. The lowest BCUT2D eigenvalue weighted by Gasteiger charge is -2.27. The zero-order valence-electron chi connectivity index (χ0n) is 13.1. The molecule has 1 atom stereocenters. The topological polar surface area (TPSA) is 65.2 Å². The van der Waals surface area contributed by atoms with Crippen LogP contribution in [0.25, 0.3) is 10.9 Å². The smallest absolute Gasteiger partial charge is 0.223 e. The van der Waals surface area contributed by atoms with Gasteiger partial charge in [0.15, 0.2) is 0 Å². The highest BCUT2D eigenvalue weighted by Gasteiger charge is 2.28. The Morgan fingerprint density at radius 2 is 2.30 bits per heavy atom. The average molecular weight is 334 g/mol. The Kier molecular flexibility index (Phi) is 4.57. The van der Waals surface area contributed by atoms with E-state index in [-0.39, 0.29) is 17.7 Å². The summed E-state index contributed by atoms with van der Waals surface area (Å²) in [5, 5.41) is 4.78. The van der Waals surface area contributed by atoms with Crippen LogP contribution in [0.1, 0.15) is 18.4 Å². The van der Waals surface area contributed by atoms with Crippen molar-refractivity contribution in [3.63, 3.8) is 0 Å². The second kappa shape index (κ2) is 6.62. The van der Waals surface area contributed by atoms with Crippen molar-refractivity contribution in [2.75, 3.05) is 20.1 Å². The lowest BCUT2D eigenvalue weighted by molar-refractivity contribution is -0.139. The summed E-state index contributed by atoms with van der Waals surface area (Å²) in [6.45, 7) is 1.22. The van der Waals surface area contributed by atoms with Gasteiger partial charge in [-0.1, -0.05) is 17.7 Å². The van der Waals surface area contributed by atoms with Gasteiger partial charge in [0.05, 0.1) is 0 Å². The van der Waals surface area contributed by atoms with Gasteiger partial charge in [0.25, 0.3) is 0 Å².